The second kappa shape index (κ2) is 8.63. The molecule has 3 N–H and O–H groups in total. The minimum atomic E-state index is 0.301. The molecule has 0 saturated heterocycles. The number of methoxy groups -OCH3 is 1. The van der Waals surface area contributed by atoms with Gasteiger partial charge < -0.3 is 19.6 Å². The Labute approximate surface area is 113 Å². The molecule has 0 aromatic carbocycles. The molecule has 0 amide bonds. The quantitative estimate of drug-likeness (QED) is 0.392. The molecule has 0 aliphatic carbocycles. The third-order valence-corrected chi connectivity index (χ3v) is 2.10. The third kappa shape index (κ3) is 6.32. The van der Waals surface area contributed by atoms with Crippen LogP contribution in [0.5, 0.6) is 5.88 Å². The highest BCUT2D eigenvalue weighted by atomic mass is 16.5. The van der Waals surface area contributed by atoms with Crippen molar-refractivity contribution in [2.75, 3.05) is 32.4 Å². The number of nitrogens with two attached hydrogens (primary N) is 1. The molecule has 1 aromatic rings. The summed E-state index contributed by atoms with van der Waals surface area (Å²) in [5.41, 5.74) is 2.46. The van der Waals surface area contributed by atoms with Crippen molar-refractivity contribution < 1.29 is 14.2 Å². The van der Waals surface area contributed by atoms with Crippen LogP contribution in [0.25, 0.3) is 0 Å². The van der Waals surface area contributed by atoms with Crippen LogP contribution in [-0.4, -0.2) is 36.9 Å². The van der Waals surface area contributed by atoms with E-state index in [-0.39, 0.29) is 0 Å². The molecule has 0 atom stereocenters. The maximum atomic E-state index is 5.49. The van der Waals surface area contributed by atoms with Crippen molar-refractivity contribution in [3.05, 3.63) is 11.9 Å². The second-order valence-corrected chi connectivity index (χ2v) is 4.40. The molecule has 0 spiro atoms. The normalized spacial score (nSPS) is 10.8. The summed E-state index contributed by atoms with van der Waals surface area (Å²) in [6.07, 6.45) is 0. The maximum Gasteiger partial charge on any atom is 0.218 e. The van der Waals surface area contributed by atoms with Crippen molar-refractivity contribution in [1.82, 2.24) is 9.97 Å². The number of anilines is 1. The van der Waals surface area contributed by atoms with E-state index in [2.05, 4.69) is 29.2 Å². The fourth-order valence-corrected chi connectivity index (χ4v) is 1.34. The van der Waals surface area contributed by atoms with E-state index in [0.717, 1.165) is 6.61 Å². The van der Waals surface area contributed by atoms with Gasteiger partial charge in [0.1, 0.15) is 19.0 Å². The molecule has 0 aliphatic heterocycles. The van der Waals surface area contributed by atoms with Crippen molar-refractivity contribution in [3.63, 3.8) is 0 Å². The van der Waals surface area contributed by atoms with Gasteiger partial charge in [-0.15, -0.1) is 0 Å². The Kier molecular flexibility index (Phi) is 7.09. The van der Waals surface area contributed by atoms with Gasteiger partial charge in [0.2, 0.25) is 5.88 Å². The Balaban J connectivity index is 2.45. The van der Waals surface area contributed by atoms with E-state index in [0.29, 0.717) is 43.3 Å². The predicted molar refractivity (Wildman–Crippen MR) is 71.7 cm³/mol. The Morgan fingerprint density at radius 3 is 2.74 bits per heavy atom. The van der Waals surface area contributed by atoms with E-state index >= 15 is 0 Å². The van der Waals surface area contributed by atoms with Gasteiger partial charge in [-0.1, -0.05) is 13.8 Å². The van der Waals surface area contributed by atoms with Gasteiger partial charge in [-0.2, -0.15) is 4.98 Å². The third-order valence-electron chi connectivity index (χ3n) is 2.10. The van der Waals surface area contributed by atoms with Gasteiger partial charge in [-0.25, -0.2) is 10.8 Å². The maximum absolute atomic E-state index is 5.49. The van der Waals surface area contributed by atoms with Crippen LogP contribution >= 0.6 is 0 Å². The second-order valence-electron chi connectivity index (χ2n) is 4.40. The highest BCUT2D eigenvalue weighted by Crippen LogP contribution is 2.13. The topological polar surface area (TPSA) is 91.5 Å². The number of rotatable bonds is 9. The van der Waals surface area contributed by atoms with Crippen LogP contribution < -0.4 is 16.0 Å². The zero-order chi connectivity index (χ0) is 14.1. The van der Waals surface area contributed by atoms with Gasteiger partial charge in [0, 0.05) is 19.8 Å². The molecule has 1 rings (SSSR count). The first kappa shape index (κ1) is 15.6. The van der Waals surface area contributed by atoms with Crippen LogP contribution in [0.15, 0.2) is 6.07 Å². The molecule has 19 heavy (non-hydrogen) atoms. The lowest BCUT2D eigenvalue weighted by Gasteiger charge is -2.10. The van der Waals surface area contributed by atoms with Gasteiger partial charge in [0.05, 0.1) is 6.61 Å². The average Bonchev–Trinajstić information content (AvgIpc) is 2.38. The minimum Gasteiger partial charge on any atom is -0.475 e. The van der Waals surface area contributed by atoms with E-state index in [1.54, 1.807) is 13.2 Å². The number of hydrogen-bond acceptors (Lipinski definition) is 7. The first-order valence-electron chi connectivity index (χ1n) is 6.19. The summed E-state index contributed by atoms with van der Waals surface area (Å²) in [5, 5.41) is 0. The number of ether oxygens (including phenoxy) is 3. The Morgan fingerprint density at radius 1 is 1.32 bits per heavy atom. The van der Waals surface area contributed by atoms with Crippen LogP contribution in [0.1, 0.15) is 19.7 Å². The number of hydrogen-bond donors (Lipinski definition) is 2. The molecule has 0 saturated carbocycles. The first-order chi connectivity index (χ1) is 9.15. The van der Waals surface area contributed by atoms with Crippen molar-refractivity contribution in [2.45, 2.75) is 20.5 Å². The minimum absolute atomic E-state index is 0.301. The number of nitrogens with zero attached hydrogens (tertiary/aromatic N) is 2. The largest absolute Gasteiger partial charge is 0.475 e. The Morgan fingerprint density at radius 2 is 2.11 bits per heavy atom. The molecule has 108 valence electrons. The molecule has 1 heterocycles. The fourth-order valence-electron chi connectivity index (χ4n) is 1.34. The molecule has 0 fully saturated rings. The summed E-state index contributed by atoms with van der Waals surface area (Å²) in [6.45, 7) is 6.17. The summed E-state index contributed by atoms with van der Waals surface area (Å²) in [4.78, 5) is 8.32. The number of nitrogens with one attached hydrogen (secondary N) is 1. The summed E-state index contributed by atoms with van der Waals surface area (Å²) in [7, 11) is 1.58. The van der Waals surface area contributed by atoms with Gasteiger partial charge in [0.25, 0.3) is 0 Å². The smallest absolute Gasteiger partial charge is 0.218 e. The Hall–Kier alpha value is -1.44. The summed E-state index contributed by atoms with van der Waals surface area (Å²) in [5.74, 6) is 7.29. The van der Waals surface area contributed by atoms with Crippen LogP contribution in [-0.2, 0) is 16.1 Å². The molecule has 0 aliphatic rings. The lowest BCUT2D eigenvalue weighted by Crippen LogP contribution is -2.14. The molecular formula is C12H22N4O3. The van der Waals surface area contributed by atoms with Crippen molar-refractivity contribution in [2.24, 2.45) is 11.8 Å². The highest BCUT2D eigenvalue weighted by Gasteiger charge is 2.05. The monoisotopic (exact) mass is 270 g/mol. The fraction of sp³-hybridized carbons (Fsp3) is 0.667. The van der Waals surface area contributed by atoms with E-state index in [1.165, 1.54) is 0 Å². The molecule has 0 unspecified atom stereocenters. The molecular weight excluding hydrogens is 248 g/mol. The lowest BCUT2D eigenvalue weighted by molar-refractivity contribution is 0.0803. The average molecular weight is 270 g/mol. The summed E-state index contributed by atoms with van der Waals surface area (Å²) < 4.78 is 15.9. The van der Waals surface area contributed by atoms with Crippen molar-refractivity contribution >= 4 is 5.82 Å². The molecule has 7 heteroatoms. The number of nitrogen functional groups attached to an aromatic ring is 1. The zero-order valence-electron chi connectivity index (χ0n) is 11.7. The van der Waals surface area contributed by atoms with Gasteiger partial charge in [-0.3, -0.25) is 0 Å². The predicted octanol–water partition coefficient (Wildman–Crippen LogP) is 0.960. The Bertz CT molecular complexity index is 374. The summed E-state index contributed by atoms with van der Waals surface area (Å²) in [6, 6.07) is 1.63. The van der Waals surface area contributed by atoms with Crippen molar-refractivity contribution in [3.8, 4) is 5.88 Å². The highest BCUT2D eigenvalue weighted by molar-refractivity contribution is 5.36. The van der Waals surface area contributed by atoms with E-state index in [4.69, 9.17) is 20.1 Å². The van der Waals surface area contributed by atoms with E-state index in [1.807, 2.05) is 0 Å². The van der Waals surface area contributed by atoms with Crippen LogP contribution in [0.3, 0.4) is 0 Å². The molecule has 7 nitrogen and oxygen atoms in total. The van der Waals surface area contributed by atoms with Gasteiger partial charge in [-0.05, 0) is 5.92 Å². The SMILES string of the molecule is COCc1nc(NN)cc(OCCOCC(C)C)n1. The van der Waals surface area contributed by atoms with Gasteiger partial charge >= 0.3 is 0 Å². The number of aromatic nitrogens is 2. The van der Waals surface area contributed by atoms with E-state index in [9.17, 15) is 0 Å². The van der Waals surface area contributed by atoms with Crippen LogP contribution in [0.4, 0.5) is 5.82 Å². The zero-order valence-corrected chi connectivity index (χ0v) is 11.7. The molecule has 1 aromatic heterocycles. The summed E-state index contributed by atoms with van der Waals surface area (Å²) >= 11 is 0. The standard InChI is InChI=1S/C12H22N4O3/c1-9(2)7-18-4-5-19-12-6-10(16-13)14-11(15-12)8-17-3/h6,9H,4-5,7-8,13H2,1-3H3,(H,14,15,16). The van der Waals surface area contributed by atoms with Crippen LogP contribution in [0.2, 0.25) is 0 Å². The van der Waals surface area contributed by atoms with Gasteiger partial charge in [0.15, 0.2) is 5.82 Å². The lowest BCUT2D eigenvalue weighted by atomic mass is 10.2. The molecule has 0 radical (unpaired) electrons. The molecule has 0 bridgehead atoms. The van der Waals surface area contributed by atoms with Crippen LogP contribution in [0, 0.1) is 5.92 Å². The first-order valence-corrected chi connectivity index (χ1v) is 6.19. The van der Waals surface area contributed by atoms with Crippen molar-refractivity contribution in [1.29, 1.82) is 0 Å². The number of hydrazine groups is 1. The van der Waals surface area contributed by atoms with E-state index < -0.39 is 0 Å².